The number of aryl methyl sites for hydroxylation is 1. The Morgan fingerprint density at radius 3 is 2.87 bits per heavy atom. The number of benzene rings is 1. The van der Waals surface area contributed by atoms with Gasteiger partial charge in [-0.15, -0.1) is 11.3 Å². The summed E-state index contributed by atoms with van der Waals surface area (Å²) < 4.78 is 6.40. The number of thiazole rings is 1. The van der Waals surface area contributed by atoms with Gasteiger partial charge in [0.05, 0.1) is 12.1 Å². The number of hydrogen-bond acceptors (Lipinski definition) is 4. The molecule has 0 spiro atoms. The SMILES string of the molecule is CN=C(NCCc1ncc(C)s1)NCc1cc(Br)ccc1OC. The second kappa shape index (κ2) is 8.88. The molecule has 0 radical (unpaired) electrons. The number of nitrogens with zero attached hydrogens (tertiary/aromatic N) is 2. The molecular formula is C16H21BrN4OS. The smallest absolute Gasteiger partial charge is 0.191 e. The van der Waals surface area contributed by atoms with Gasteiger partial charge in [0.2, 0.25) is 0 Å². The highest BCUT2D eigenvalue weighted by atomic mass is 79.9. The largest absolute Gasteiger partial charge is 0.496 e. The lowest BCUT2D eigenvalue weighted by molar-refractivity contribution is 0.409. The van der Waals surface area contributed by atoms with Crippen LogP contribution in [-0.4, -0.2) is 31.6 Å². The van der Waals surface area contributed by atoms with Gasteiger partial charge >= 0.3 is 0 Å². The van der Waals surface area contributed by atoms with Gasteiger partial charge in [0.15, 0.2) is 5.96 Å². The second-order valence-electron chi connectivity index (χ2n) is 4.92. The minimum absolute atomic E-state index is 0.638. The molecule has 0 fully saturated rings. The molecule has 0 aliphatic rings. The Kier molecular flexibility index (Phi) is 6.85. The zero-order valence-corrected chi connectivity index (χ0v) is 15.9. The van der Waals surface area contributed by atoms with Gasteiger partial charge in [0, 0.05) is 47.7 Å². The Morgan fingerprint density at radius 1 is 1.39 bits per heavy atom. The second-order valence-corrected chi connectivity index (χ2v) is 7.16. The molecule has 0 atom stereocenters. The molecule has 0 saturated heterocycles. The summed E-state index contributed by atoms with van der Waals surface area (Å²) in [6, 6.07) is 5.95. The van der Waals surface area contributed by atoms with E-state index in [0.29, 0.717) is 6.54 Å². The summed E-state index contributed by atoms with van der Waals surface area (Å²) in [5.41, 5.74) is 1.07. The molecule has 1 aromatic carbocycles. The summed E-state index contributed by atoms with van der Waals surface area (Å²) in [5, 5.41) is 7.74. The summed E-state index contributed by atoms with van der Waals surface area (Å²) in [4.78, 5) is 9.84. The molecule has 0 bridgehead atoms. The topological polar surface area (TPSA) is 58.5 Å². The van der Waals surface area contributed by atoms with Crippen molar-refractivity contribution in [1.29, 1.82) is 0 Å². The van der Waals surface area contributed by atoms with Crippen molar-refractivity contribution in [3.05, 3.63) is 44.3 Å². The van der Waals surface area contributed by atoms with E-state index in [1.165, 1.54) is 4.88 Å². The average molecular weight is 397 g/mol. The number of aliphatic imine (C=N–C) groups is 1. The number of nitrogens with one attached hydrogen (secondary N) is 2. The van der Waals surface area contributed by atoms with Crippen molar-refractivity contribution in [2.45, 2.75) is 19.9 Å². The van der Waals surface area contributed by atoms with Crippen LogP contribution in [0.3, 0.4) is 0 Å². The van der Waals surface area contributed by atoms with Gasteiger partial charge in [0.25, 0.3) is 0 Å². The number of methoxy groups -OCH3 is 1. The van der Waals surface area contributed by atoms with Crippen molar-refractivity contribution in [2.75, 3.05) is 20.7 Å². The van der Waals surface area contributed by atoms with E-state index in [2.05, 4.69) is 43.5 Å². The fourth-order valence-corrected chi connectivity index (χ4v) is 3.28. The van der Waals surface area contributed by atoms with Crippen molar-refractivity contribution in [1.82, 2.24) is 15.6 Å². The van der Waals surface area contributed by atoms with E-state index in [1.54, 1.807) is 25.5 Å². The van der Waals surface area contributed by atoms with Crippen LogP contribution >= 0.6 is 27.3 Å². The van der Waals surface area contributed by atoms with Crippen molar-refractivity contribution in [2.24, 2.45) is 4.99 Å². The average Bonchev–Trinajstić information content (AvgIpc) is 2.96. The molecule has 7 heteroatoms. The van der Waals surface area contributed by atoms with E-state index < -0.39 is 0 Å². The predicted molar refractivity (Wildman–Crippen MR) is 99.5 cm³/mol. The fraction of sp³-hybridized carbons (Fsp3) is 0.375. The van der Waals surface area contributed by atoms with Crippen molar-refractivity contribution in [3.63, 3.8) is 0 Å². The molecule has 1 aromatic heterocycles. The molecule has 2 N–H and O–H groups in total. The summed E-state index contributed by atoms with van der Waals surface area (Å²) in [6.07, 6.45) is 2.80. The molecule has 2 rings (SSSR count). The molecule has 0 aliphatic heterocycles. The van der Waals surface area contributed by atoms with Crippen LogP contribution in [0.15, 0.2) is 33.9 Å². The molecule has 0 unspecified atom stereocenters. The van der Waals surface area contributed by atoms with Gasteiger partial charge < -0.3 is 15.4 Å². The zero-order valence-electron chi connectivity index (χ0n) is 13.5. The maximum Gasteiger partial charge on any atom is 0.191 e. The Labute approximate surface area is 149 Å². The third-order valence-corrected chi connectivity index (χ3v) is 4.68. The number of guanidine groups is 1. The fourth-order valence-electron chi connectivity index (χ4n) is 2.09. The predicted octanol–water partition coefficient (Wildman–Crippen LogP) is 3.13. The molecule has 2 aromatic rings. The highest BCUT2D eigenvalue weighted by molar-refractivity contribution is 9.10. The lowest BCUT2D eigenvalue weighted by atomic mass is 10.2. The number of aromatic nitrogens is 1. The van der Waals surface area contributed by atoms with Crippen LogP contribution in [-0.2, 0) is 13.0 Å². The maximum absolute atomic E-state index is 5.38. The zero-order chi connectivity index (χ0) is 16.7. The third-order valence-electron chi connectivity index (χ3n) is 3.21. The molecule has 0 saturated carbocycles. The summed E-state index contributed by atoms with van der Waals surface area (Å²) in [5.74, 6) is 1.62. The first kappa shape index (κ1) is 17.7. The summed E-state index contributed by atoms with van der Waals surface area (Å²) in [6.45, 7) is 3.50. The normalized spacial score (nSPS) is 11.4. The van der Waals surface area contributed by atoms with Crippen molar-refractivity contribution >= 4 is 33.2 Å². The molecule has 1 heterocycles. The molecule has 5 nitrogen and oxygen atoms in total. The van der Waals surface area contributed by atoms with Crippen LogP contribution in [0, 0.1) is 6.92 Å². The monoisotopic (exact) mass is 396 g/mol. The minimum atomic E-state index is 0.638. The van der Waals surface area contributed by atoms with Crippen LogP contribution in [0.4, 0.5) is 0 Å². The van der Waals surface area contributed by atoms with Crippen LogP contribution in [0.5, 0.6) is 5.75 Å². The van der Waals surface area contributed by atoms with E-state index in [4.69, 9.17) is 4.74 Å². The number of hydrogen-bond donors (Lipinski definition) is 2. The highest BCUT2D eigenvalue weighted by Crippen LogP contribution is 2.22. The van der Waals surface area contributed by atoms with Gasteiger partial charge in [-0.05, 0) is 25.1 Å². The Morgan fingerprint density at radius 2 is 2.22 bits per heavy atom. The quantitative estimate of drug-likeness (QED) is 0.581. The molecule has 0 aliphatic carbocycles. The summed E-state index contributed by atoms with van der Waals surface area (Å²) >= 11 is 5.22. The first-order valence-corrected chi connectivity index (χ1v) is 8.91. The van der Waals surface area contributed by atoms with Gasteiger partial charge in [-0.3, -0.25) is 4.99 Å². The number of rotatable bonds is 6. The molecular weight excluding hydrogens is 376 g/mol. The number of halogens is 1. The van der Waals surface area contributed by atoms with Gasteiger partial charge in [0.1, 0.15) is 5.75 Å². The number of ether oxygens (including phenoxy) is 1. The van der Waals surface area contributed by atoms with Crippen LogP contribution in [0.25, 0.3) is 0 Å². The van der Waals surface area contributed by atoms with Crippen LogP contribution in [0.1, 0.15) is 15.4 Å². The first-order valence-electron chi connectivity index (χ1n) is 7.30. The van der Waals surface area contributed by atoms with Crippen molar-refractivity contribution < 1.29 is 4.74 Å². The van der Waals surface area contributed by atoms with E-state index in [9.17, 15) is 0 Å². The maximum atomic E-state index is 5.38. The Balaban J connectivity index is 1.84. The van der Waals surface area contributed by atoms with Crippen LogP contribution in [0.2, 0.25) is 0 Å². The van der Waals surface area contributed by atoms with E-state index in [-0.39, 0.29) is 0 Å². The highest BCUT2D eigenvalue weighted by Gasteiger charge is 2.05. The summed E-state index contributed by atoms with van der Waals surface area (Å²) in [7, 11) is 3.44. The molecule has 23 heavy (non-hydrogen) atoms. The van der Waals surface area contributed by atoms with Gasteiger partial charge in [-0.1, -0.05) is 15.9 Å². The lowest BCUT2D eigenvalue weighted by Gasteiger charge is -2.13. The van der Waals surface area contributed by atoms with Gasteiger partial charge in [-0.25, -0.2) is 4.98 Å². The minimum Gasteiger partial charge on any atom is -0.496 e. The first-order chi connectivity index (χ1) is 11.1. The molecule has 0 amide bonds. The lowest BCUT2D eigenvalue weighted by Crippen LogP contribution is -2.37. The van der Waals surface area contributed by atoms with E-state index in [0.717, 1.165) is 39.7 Å². The Hall–Kier alpha value is -1.60. The standard InChI is InChI=1S/C16H21BrN4OS/c1-11-9-20-15(23-11)6-7-19-16(18-2)21-10-12-8-13(17)4-5-14(12)22-3/h4-5,8-9H,6-7,10H2,1-3H3,(H2,18,19,21). The van der Waals surface area contributed by atoms with Crippen molar-refractivity contribution in [3.8, 4) is 5.75 Å². The Bertz CT molecular complexity index is 672. The van der Waals surface area contributed by atoms with E-state index >= 15 is 0 Å². The molecule has 124 valence electrons. The van der Waals surface area contributed by atoms with Crippen LogP contribution < -0.4 is 15.4 Å². The van der Waals surface area contributed by atoms with E-state index in [1.807, 2.05) is 24.4 Å². The van der Waals surface area contributed by atoms with Gasteiger partial charge in [-0.2, -0.15) is 0 Å². The third kappa shape index (κ3) is 5.51.